The molecule has 18 heavy (non-hydrogen) atoms. The molecule has 0 amide bonds. The summed E-state index contributed by atoms with van der Waals surface area (Å²) >= 11 is 1.28. The number of aryl methyl sites for hydroxylation is 1. The highest BCUT2D eigenvalue weighted by Gasteiger charge is 2.08. The van der Waals surface area contributed by atoms with E-state index >= 15 is 0 Å². The maximum Gasteiger partial charge on any atom is 0.251 e. The third kappa shape index (κ3) is 2.78. The Balaban J connectivity index is 2.40. The van der Waals surface area contributed by atoms with Crippen LogP contribution in [0, 0.1) is 12.3 Å². The zero-order valence-electron chi connectivity index (χ0n) is 9.73. The van der Waals surface area contributed by atoms with E-state index in [2.05, 4.69) is 9.97 Å². The van der Waals surface area contributed by atoms with Gasteiger partial charge in [0.15, 0.2) is 5.16 Å². The molecule has 0 atom stereocenters. The van der Waals surface area contributed by atoms with Crippen LogP contribution < -0.4 is 11.3 Å². The monoisotopic (exact) mass is 260 g/mol. The molecule has 2 rings (SSSR count). The molecular formula is C12H12N4OS. The second kappa shape index (κ2) is 5.05. The summed E-state index contributed by atoms with van der Waals surface area (Å²) in [7, 11) is 0. The van der Waals surface area contributed by atoms with Gasteiger partial charge in [0.25, 0.3) is 5.56 Å². The van der Waals surface area contributed by atoms with Crippen LogP contribution in [0.25, 0.3) is 0 Å². The molecule has 1 aromatic carbocycles. The predicted molar refractivity (Wildman–Crippen MR) is 71.2 cm³/mol. The van der Waals surface area contributed by atoms with Crippen LogP contribution in [0.5, 0.6) is 0 Å². The number of amidine groups is 1. The molecule has 4 N–H and O–H groups in total. The molecule has 1 aromatic heterocycles. The van der Waals surface area contributed by atoms with Crippen LogP contribution >= 0.6 is 11.8 Å². The Kier molecular flexibility index (Phi) is 3.47. The van der Waals surface area contributed by atoms with Crippen molar-refractivity contribution in [3.8, 4) is 0 Å². The first-order chi connectivity index (χ1) is 8.56. The van der Waals surface area contributed by atoms with Gasteiger partial charge in [-0.2, -0.15) is 0 Å². The molecule has 0 saturated heterocycles. The van der Waals surface area contributed by atoms with Crippen LogP contribution in [-0.2, 0) is 0 Å². The lowest BCUT2D eigenvalue weighted by Crippen LogP contribution is -2.13. The Hall–Kier alpha value is -2.08. The summed E-state index contributed by atoms with van der Waals surface area (Å²) in [5.74, 6) is -0.000483. The largest absolute Gasteiger partial charge is 0.384 e. The highest BCUT2D eigenvalue weighted by atomic mass is 32.2. The fraction of sp³-hybridized carbons (Fsp3) is 0.0833. The second-order valence-electron chi connectivity index (χ2n) is 3.75. The predicted octanol–water partition coefficient (Wildman–Crippen LogP) is 1.51. The smallest absolute Gasteiger partial charge is 0.251 e. The number of aromatic amines is 1. The number of hydrogen-bond acceptors (Lipinski definition) is 4. The molecule has 6 heteroatoms. The van der Waals surface area contributed by atoms with Crippen molar-refractivity contribution in [2.24, 2.45) is 5.73 Å². The first-order valence-electron chi connectivity index (χ1n) is 5.24. The van der Waals surface area contributed by atoms with Crippen LogP contribution in [-0.4, -0.2) is 15.8 Å². The van der Waals surface area contributed by atoms with E-state index in [1.807, 2.05) is 25.1 Å². The molecule has 0 bridgehead atoms. The molecule has 2 aromatic rings. The third-order valence-corrected chi connectivity index (χ3v) is 3.26. The molecule has 0 spiro atoms. The molecule has 1 heterocycles. The van der Waals surface area contributed by atoms with Crippen LogP contribution in [0.2, 0.25) is 0 Å². The molecule has 0 aliphatic carbocycles. The molecule has 0 saturated carbocycles. The number of nitrogens with zero attached hydrogens (tertiary/aromatic N) is 1. The molecule has 0 unspecified atom stereocenters. The lowest BCUT2D eigenvalue weighted by molar-refractivity contribution is 0.936. The van der Waals surface area contributed by atoms with Crippen LogP contribution in [0.1, 0.15) is 11.1 Å². The Morgan fingerprint density at radius 3 is 2.89 bits per heavy atom. The summed E-state index contributed by atoms with van der Waals surface area (Å²) < 4.78 is 0. The van der Waals surface area contributed by atoms with E-state index in [-0.39, 0.29) is 11.4 Å². The second-order valence-corrected chi connectivity index (χ2v) is 4.79. The third-order valence-electron chi connectivity index (χ3n) is 2.28. The van der Waals surface area contributed by atoms with Gasteiger partial charge in [0, 0.05) is 22.7 Å². The highest BCUT2D eigenvalue weighted by molar-refractivity contribution is 7.99. The van der Waals surface area contributed by atoms with E-state index < -0.39 is 0 Å². The van der Waals surface area contributed by atoms with E-state index in [0.29, 0.717) is 10.7 Å². The highest BCUT2D eigenvalue weighted by Crippen LogP contribution is 2.27. The van der Waals surface area contributed by atoms with E-state index in [4.69, 9.17) is 11.1 Å². The number of nitrogen functional groups attached to an aromatic ring is 1. The van der Waals surface area contributed by atoms with E-state index in [9.17, 15) is 4.79 Å². The maximum absolute atomic E-state index is 11.2. The van der Waals surface area contributed by atoms with Gasteiger partial charge in [-0.1, -0.05) is 23.4 Å². The first-order valence-corrected chi connectivity index (χ1v) is 6.06. The van der Waals surface area contributed by atoms with Crippen molar-refractivity contribution in [2.45, 2.75) is 17.0 Å². The normalized spacial score (nSPS) is 10.3. The van der Waals surface area contributed by atoms with E-state index in [1.165, 1.54) is 24.0 Å². The van der Waals surface area contributed by atoms with E-state index in [1.54, 1.807) is 0 Å². The number of aromatic nitrogens is 2. The zero-order valence-corrected chi connectivity index (χ0v) is 10.5. The van der Waals surface area contributed by atoms with Gasteiger partial charge in [0.05, 0.1) is 0 Å². The average molecular weight is 260 g/mol. The Morgan fingerprint density at radius 1 is 1.44 bits per heavy atom. The van der Waals surface area contributed by atoms with Gasteiger partial charge in [0.2, 0.25) is 0 Å². The molecular weight excluding hydrogens is 248 g/mol. The first kappa shape index (κ1) is 12.4. The van der Waals surface area contributed by atoms with Crippen LogP contribution in [0.15, 0.2) is 45.3 Å². The summed E-state index contributed by atoms with van der Waals surface area (Å²) in [6.45, 7) is 1.93. The number of rotatable bonds is 3. The van der Waals surface area contributed by atoms with Crippen molar-refractivity contribution < 1.29 is 0 Å². The van der Waals surface area contributed by atoms with Gasteiger partial charge >= 0.3 is 0 Å². The van der Waals surface area contributed by atoms with Gasteiger partial charge in [-0.25, -0.2) is 4.98 Å². The summed E-state index contributed by atoms with van der Waals surface area (Å²) in [5, 5.41) is 8.03. The number of hydrogen-bond donors (Lipinski definition) is 3. The topological polar surface area (TPSA) is 95.6 Å². The quantitative estimate of drug-likeness (QED) is 0.443. The van der Waals surface area contributed by atoms with E-state index in [0.717, 1.165) is 10.5 Å². The number of nitrogens with two attached hydrogens (primary N) is 1. The number of benzene rings is 1. The molecule has 0 aliphatic rings. The maximum atomic E-state index is 11.2. The molecule has 0 fully saturated rings. The molecule has 0 radical (unpaired) electrons. The summed E-state index contributed by atoms with van der Waals surface area (Å²) in [5.41, 5.74) is 7.01. The minimum absolute atomic E-state index is 0.000483. The summed E-state index contributed by atoms with van der Waals surface area (Å²) in [6, 6.07) is 6.98. The summed E-state index contributed by atoms with van der Waals surface area (Å²) in [6.07, 6.45) is 1.45. The van der Waals surface area contributed by atoms with Gasteiger partial charge in [0.1, 0.15) is 5.84 Å². The minimum Gasteiger partial charge on any atom is -0.384 e. The zero-order chi connectivity index (χ0) is 13.1. The van der Waals surface area contributed by atoms with Crippen molar-refractivity contribution in [3.05, 3.63) is 51.9 Å². The van der Waals surface area contributed by atoms with Crippen molar-refractivity contribution in [1.29, 1.82) is 5.41 Å². The average Bonchev–Trinajstić information content (AvgIpc) is 2.31. The summed E-state index contributed by atoms with van der Waals surface area (Å²) in [4.78, 5) is 18.6. The van der Waals surface area contributed by atoms with Gasteiger partial charge < -0.3 is 10.7 Å². The fourth-order valence-electron chi connectivity index (χ4n) is 1.45. The van der Waals surface area contributed by atoms with Crippen molar-refractivity contribution in [2.75, 3.05) is 0 Å². The van der Waals surface area contributed by atoms with Crippen LogP contribution in [0.3, 0.4) is 0 Å². The van der Waals surface area contributed by atoms with Crippen LogP contribution in [0.4, 0.5) is 0 Å². The number of nitrogens with one attached hydrogen (secondary N) is 2. The lowest BCUT2D eigenvalue weighted by Gasteiger charge is -2.08. The Morgan fingerprint density at radius 2 is 2.22 bits per heavy atom. The number of H-pyrrole nitrogens is 1. The van der Waals surface area contributed by atoms with Crippen molar-refractivity contribution in [1.82, 2.24) is 9.97 Å². The molecule has 5 nitrogen and oxygen atoms in total. The standard InChI is InChI=1S/C12H12N4OS/c1-7-2-3-9(8(6-7)11(13)14)18-12-15-5-4-10(17)16-12/h2-6H,1H3,(H3,13,14)(H,15,16,17). The minimum atomic E-state index is -0.205. The van der Waals surface area contributed by atoms with Crippen molar-refractivity contribution in [3.63, 3.8) is 0 Å². The SMILES string of the molecule is Cc1ccc(Sc2nccc(=O)[nH]2)c(C(=N)N)c1. The molecule has 92 valence electrons. The lowest BCUT2D eigenvalue weighted by atomic mass is 10.1. The van der Waals surface area contributed by atoms with Gasteiger partial charge in [-0.15, -0.1) is 0 Å². The fourth-order valence-corrected chi connectivity index (χ4v) is 2.34. The van der Waals surface area contributed by atoms with Gasteiger partial charge in [-0.3, -0.25) is 10.2 Å². The van der Waals surface area contributed by atoms with Gasteiger partial charge in [-0.05, 0) is 19.1 Å². The van der Waals surface area contributed by atoms with Crippen molar-refractivity contribution >= 4 is 17.6 Å². The Bertz CT molecular complexity index is 651. The molecule has 0 aliphatic heterocycles. The Labute approximate surface area is 108 Å².